The molecular weight excluding hydrogens is 190 g/mol. The van der Waals surface area contributed by atoms with E-state index in [1.807, 2.05) is 0 Å². The number of rotatable bonds is 7. The van der Waals surface area contributed by atoms with E-state index in [-0.39, 0.29) is 0 Å². The van der Waals surface area contributed by atoms with Gasteiger partial charge in [0.05, 0.1) is 0 Å². The highest BCUT2D eigenvalue weighted by Crippen LogP contribution is 2.29. The second kappa shape index (κ2) is 7.36. The minimum absolute atomic E-state index is 0.514. The third-order valence-corrected chi connectivity index (χ3v) is 4.25. The van der Waals surface area contributed by atoms with Crippen LogP contribution in [-0.4, -0.2) is 23.6 Å². The van der Waals surface area contributed by atoms with E-state index in [0.29, 0.717) is 6.04 Å². The summed E-state index contributed by atoms with van der Waals surface area (Å²) < 4.78 is 0. The first-order valence-electron chi connectivity index (χ1n) is 5.84. The van der Waals surface area contributed by atoms with Gasteiger partial charge < -0.3 is 5.32 Å². The van der Waals surface area contributed by atoms with Crippen LogP contribution in [0.25, 0.3) is 0 Å². The molecule has 1 rings (SSSR count). The van der Waals surface area contributed by atoms with Gasteiger partial charge in [-0.25, -0.2) is 0 Å². The zero-order chi connectivity index (χ0) is 10.2. The zero-order valence-electron chi connectivity index (χ0n) is 9.30. The van der Waals surface area contributed by atoms with Gasteiger partial charge in [0, 0.05) is 17.0 Å². The fraction of sp³-hybridized carbons (Fsp3) is 0.833. The van der Waals surface area contributed by atoms with E-state index in [2.05, 4.69) is 36.7 Å². The maximum absolute atomic E-state index is 3.88. The molecule has 1 saturated carbocycles. The third kappa shape index (κ3) is 4.52. The van der Waals surface area contributed by atoms with Crippen molar-refractivity contribution >= 4 is 11.8 Å². The number of thioether (sulfide) groups is 1. The molecule has 0 aromatic rings. The topological polar surface area (TPSA) is 12.0 Å². The SMILES string of the molecule is C=CC(CSC1CCCC1)NCCC. The lowest BCUT2D eigenvalue weighted by atomic mass is 10.3. The Morgan fingerprint density at radius 2 is 2.21 bits per heavy atom. The van der Waals surface area contributed by atoms with Crippen LogP contribution >= 0.6 is 11.8 Å². The normalized spacial score (nSPS) is 19.8. The molecule has 1 N–H and O–H groups in total. The lowest BCUT2D eigenvalue weighted by Gasteiger charge is -2.16. The summed E-state index contributed by atoms with van der Waals surface area (Å²) in [6.07, 6.45) is 9.01. The Kier molecular flexibility index (Phi) is 6.37. The molecule has 1 aliphatic carbocycles. The van der Waals surface area contributed by atoms with Crippen LogP contribution in [0.5, 0.6) is 0 Å². The zero-order valence-corrected chi connectivity index (χ0v) is 10.1. The smallest absolute Gasteiger partial charge is 0.0338 e. The molecule has 0 amide bonds. The predicted molar refractivity (Wildman–Crippen MR) is 67.0 cm³/mol. The van der Waals surface area contributed by atoms with Crippen LogP contribution < -0.4 is 5.32 Å². The number of hydrogen-bond acceptors (Lipinski definition) is 2. The van der Waals surface area contributed by atoms with Gasteiger partial charge in [-0.1, -0.05) is 25.8 Å². The monoisotopic (exact) mass is 213 g/mol. The molecule has 1 fully saturated rings. The van der Waals surface area contributed by atoms with Gasteiger partial charge in [-0.15, -0.1) is 6.58 Å². The van der Waals surface area contributed by atoms with Gasteiger partial charge in [-0.2, -0.15) is 11.8 Å². The molecule has 14 heavy (non-hydrogen) atoms. The predicted octanol–water partition coefficient (Wildman–Crippen LogP) is 3.22. The molecule has 0 saturated heterocycles. The molecule has 1 unspecified atom stereocenters. The van der Waals surface area contributed by atoms with Crippen LogP contribution in [0, 0.1) is 0 Å². The van der Waals surface area contributed by atoms with Crippen molar-refractivity contribution in [1.82, 2.24) is 5.32 Å². The quantitative estimate of drug-likeness (QED) is 0.652. The first kappa shape index (κ1) is 12.1. The van der Waals surface area contributed by atoms with E-state index in [1.54, 1.807) is 0 Å². The molecular formula is C12H23NS. The van der Waals surface area contributed by atoms with Crippen molar-refractivity contribution in [3.05, 3.63) is 12.7 Å². The Labute approximate surface area is 92.7 Å². The highest BCUT2D eigenvalue weighted by Gasteiger charge is 2.16. The maximum atomic E-state index is 3.88. The largest absolute Gasteiger partial charge is 0.310 e. The molecule has 1 atom stereocenters. The molecule has 82 valence electrons. The average molecular weight is 213 g/mol. The van der Waals surface area contributed by atoms with Crippen molar-refractivity contribution in [2.75, 3.05) is 12.3 Å². The van der Waals surface area contributed by atoms with Crippen molar-refractivity contribution in [2.24, 2.45) is 0 Å². The van der Waals surface area contributed by atoms with Crippen molar-refractivity contribution < 1.29 is 0 Å². The van der Waals surface area contributed by atoms with Crippen LogP contribution in [-0.2, 0) is 0 Å². The second-order valence-corrected chi connectivity index (χ2v) is 5.37. The lowest BCUT2D eigenvalue weighted by molar-refractivity contribution is 0.629. The maximum Gasteiger partial charge on any atom is 0.0338 e. The molecule has 0 spiro atoms. The molecule has 0 bridgehead atoms. The van der Waals surface area contributed by atoms with Crippen LogP contribution in [0.2, 0.25) is 0 Å². The van der Waals surface area contributed by atoms with Crippen LogP contribution in [0.4, 0.5) is 0 Å². The molecule has 0 aliphatic heterocycles. The first-order chi connectivity index (χ1) is 6.86. The highest BCUT2D eigenvalue weighted by atomic mass is 32.2. The first-order valence-corrected chi connectivity index (χ1v) is 6.89. The Hall–Kier alpha value is 0.0500. The van der Waals surface area contributed by atoms with Gasteiger partial charge in [0.25, 0.3) is 0 Å². The summed E-state index contributed by atoms with van der Waals surface area (Å²) in [4.78, 5) is 0. The van der Waals surface area contributed by atoms with Crippen molar-refractivity contribution in [3.63, 3.8) is 0 Å². The van der Waals surface area contributed by atoms with Crippen LogP contribution in [0.3, 0.4) is 0 Å². The van der Waals surface area contributed by atoms with E-state index in [4.69, 9.17) is 0 Å². The van der Waals surface area contributed by atoms with E-state index < -0.39 is 0 Å². The van der Waals surface area contributed by atoms with Gasteiger partial charge in [0.15, 0.2) is 0 Å². The summed E-state index contributed by atoms with van der Waals surface area (Å²) in [6.45, 7) is 7.20. The minimum Gasteiger partial charge on any atom is -0.310 e. The van der Waals surface area contributed by atoms with Gasteiger partial charge in [0.1, 0.15) is 0 Å². The minimum atomic E-state index is 0.514. The number of hydrogen-bond donors (Lipinski definition) is 1. The summed E-state index contributed by atoms with van der Waals surface area (Å²) in [5.41, 5.74) is 0. The van der Waals surface area contributed by atoms with E-state index in [0.717, 1.165) is 11.8 Å². The number of nitrogens with one attached hydrogen (secondary N) is 1. The molecule has 0 aromatic carbocycles. The summed E-state index contributed by atoms with van der Waals surface area (Å²) in [6, 6.07) is 0.514. The van der Waals surface area contributed by atoms with E-state index in [9.17, 15) is 0 Å². The Morgan fingerprint density at radius 1 is 1.50 bits per heavy atom. The van der Waals surface area contributed by atoms with Gasteiger partial charge >= 0.3 is 0 Å². The Balaban J connectivity index is 2.09. The molecule has 0 radical (unpaired) electrons. The fourth-order valence-electron chi connectivity index (χ4n) is 1.83. The Morgan fingerprint density at radius 3 is 2.79 bits per heavy atom. The molecule has 2 heteroatoms. The molecule has 0 aromatic heterocycles. The standard InChI is InChI=1S/C12H23NS/c1-3-9-13-11(4-2)10-14-12-7-5-6-8-12/h4,11-13H,2-3,5-10H2,1H3. The Bertz CT molecular complexity index is 152. The fourth-order valence-corrected chi connectivity index (χ4v) is 3.23. The molecule has 0 heterocycles. The van der Waals surface area contributed by atoms with Gasteiger partial charge in [0.2, 0.25) is 0 Å². The van der Waals surface area contributed by atoms with Crippen molar-refractivity contribution in [1.29, 1.82) is 0 Å². The van der Waals surface area contributed by atoms with Crippen molar-refractivity contribution in [3.8, 4) is 0 Å². The summed E-state index contributed by atoms with van der Waals surface area (Å²) in [7, 11) is 0. The van der Waals surface area contributed by atoms with Crippen LogP contribution in [0.1, 0.15) is 39.0 Å². The highest BCUT2D eigenvalue weighted by molar-refractivity contribution is 7.99. The lowest BCUT2D eigenvalue weighted by Crippen LogP contribution is -2.30. The van der Waals surface area contributed by atoms with Crippen molar-refractivity contribution in [2.45, 2.75) is 50.3 Å². The summed E-state index contributed by atoms with van der Waals surface area (Å²) in [5.74, 6) is 1.20. The summed E-state index contributed by atoms with van der Waals surface area (Å²) >= 11 is 2.13. The van der Waals surface area contributed by atoms with Crippen LogP contribution in [0.15, 0.2) is 12.7 Å². The van der Waals surface area contributed by atoms with Gasteiger partial charge in [-0.3, -0.25) is 0 Å². The second-order valence-electron chi connectivity index (χ2n) is 4.04. The molecule has 1 aliphatic rings. The summed E-state index contributed by atoms with van der Waals surface area (Å²) in [5, 5.41) is 4.44. The average Bonchev–Trinajstić information content (AvgIpc) is 2.71. The van der Waals surface area contributed by atoms with Gasteiger partial charge in [-0.05, 0) is 25.8 Å². The van der Waals surface area contributed by atoms with E-state index in [1.165, 1.54) is 37.9 Å². The molecule has 1 nitrogen and oxygen atoms in total. The van der Waals surface area contributed by atoms with E-state index >= 15 is 0 Å². The third-order valence-electron chi connectivity index (χ3n) is 2.75.